The summed E-state index contributed by atoms with van der Waals surface area (Å²) in [7, 11) is 0. The predicted molar refractivity (Wildman–Crippen MR) is 116 cm³/mol. The molecule has 2 N–H and O–H groups in total. The molecule has 0 saturated carbocycles. The number of hydrogen-bond donors (Lipinski definition) is 2. The van der Waals surface area contributed by atoms with Crippen LogP contribution in [0.1, 0.15) is 56.9 Å². The number of carbonyl (C=O) groups is 1. The number of benzene rings is 1. The number of rotatable bonds is 7. The number of carboxylic acid groups (broad SMARTS) is 1. The highest BCUT2D eigenvalue weighted by Crippen LogP contribution is 2.37. The van der Waals surface area contributed by atoms with Gasteiger partial charge in [-0.2, -0.15) is 0 Å². The van der Waals surface area contributed by atoms with Crippen molar-refractivity contribution in [1.82, 2.24) is 9.88 Å². The first-order chi connectivity index (χ1) is 13.8. The zero-order valence-corrected chi connectivity index (χ0v) is 18.2. The van der Waals surface area contributed by atoms with Gasteiger partial charge in [-0.25, -0.2) is 14.2 Å². The van der Waals surface area contributed by atoms with Crippen LogP contribution >= 0.6 is 11.3 Å². The fourth-order valence-corrected chi connectivity index (χ4v) is 4.76. The van der Waals surface area contributed by atoms with E-state index in [0.29, 0.717) is 6.54 Å². The Labute approximate surface area is 176 Å². The van der Waals surface area contributed by atoms with Gasteiger partial charge in [0.15, 0.2) is 5.13 Å². The van der Waals surface area contributed by atoms with E-state index < -0.39 is 6.09 Å². The van der Waals surface area contributed by atoms with Gasteiger partial charge in [-0.05, 0) is 77.0 Å². The van der Waals surface area contributed by atoms with E-state index >= 15 is 0 Å². The second-order valence-corrected chi connectivity index (χ2v) is 9.62. The molecule has 1 heterocycles. The molecule has 29 heavy (non-hydrogen) atoms. The minimum atomic E-state index is -0.864. The summed E-state index contributed by atoms with van der Waals surface area (Å²) in [5, 5.41) is 13.6. The van der Waals surface area contributed by atoms with Crippen LogP contribution in [0.25, 0.3) is 11.3 Å². The molecule has 0 bridgehead atoms. The van der Waals surface area contributed by atoms with Gasteiger partial charge in [0.2, 0.25) is 0 Å². The first kappa shape index (κ1) is 21.6. The summed E-state index contributed by atoms with van der Waals surface area (Å²) in [6, 6.07) is 5.01. The molecule has 1 aromatic heterocycles. The van der Waals surface area contributed by atoms with Crippen molar-refractivity contribution in [2.75, 3.05) is 18.4 Å². The molecule has 1 aromatic carbocycles. The normalized spacial score (nSPS) is 13.4. The molecule has 3 rings (SSSR count). The van der Waals surface area contributed by atoms with Crippen molar-refractivity contribution in [3.63, 3.8) is 0 Å². The average Bonchev–Trinajstić information content (AvgIpc) is 2.96. The molecule has 1 aliphatic rings. The molecule has 7 heteroatoms. The van der Waals surface area contributed by atoms with Crippen LogP contribution in [0.2, 0.25) is 0 Å². The van der Waals surface area contributed by atoms with E-state index in [-0.39, 0.29) is 11.4 Å². The molecule has 5 nitrogen and oxygen atoms in total. The molecule has 2 aromatic rings. The van der Waals surface area contributed by atoms with Crippen LogP contribution < -0.4 is 5.32 Å². The van der Waals surface area contributed by atoms with E-state index in [1.807, 2.05) is 26.8 Å². The highest BCUT2D eigenvalue weighted by Gasteiger charge is 2.25. The summed E-state index contributed by atoms with van der Waals surface area (Å²) in [6.45, 7) is 7.09. The Morgan fingerprint density at radius 1 is 1.28 bits per heavy atom. The van der Waals surface area contributed by atoms with Crippen LogP contribution in [0.5, 0.6) is 0 Å². The van der Waals surface area contributed by atoms with Gasteiger partial charge in [-0.1, -0.05) is 6.07 Å². The Balaban J connectivity index is 1.51. The molecule has 158 valence electrons. The lowest BCUT2D eigenvalue weighted by atomic mass is 10.0. The van der Waals surface area contributed by atoms with Gasteiger partial charge in [-0.15, -0.1) is 11.3 Å². The molecule has 0 aliphatic heterocycles. The van der Waals surface area contributed by atoms with Crippen molar-refractivity contribution in [3.05, 3.63) is 34.5 Å². The first-order valence-corrected chi connectivity index (χ1v) is 11.1. The number of amides is 1. The highest BCUT2D eigenvalue weighted by molar-refractivity contribution is 7.16. The SMILES string of the molecule is CC(C)(C)N(CCCCCNc1nc2c(s1)CCCc1ccc(F)cc1-2)C(=O)O. The molecule has 0 atom stereocenters. The molecule has 0 unspecified atom stereocenters. The third-order valence-corrected chi connectivity index (χ3v) is 6.32. The van der Waals surface area contributed by atoms with E-state index in [1.54, 1.807) is 17.4 Å². The predicted octanol–water partition coefficient (Wildman–Crippen LogP) is 5.80. The maximum Gasteiger partial charge on any atom is 0.407 e. The standard InChI is InChI=1S/C22H30FN3O2S/c1-22(2,3)26(21(27)28)13-6-4-5-12-24-20-25-19-17-14-16(23)11-10-15(17)8-7-9-18(19)29-20/h10-11,14H,4-9,12-13H2,1-3H3,(H,24,25)(H,27,28). The summed E-state index contributed by atoms with van der Waals surface area (Å²) in [4.78, 5) is 18.8. The lowest BCUT2D eigenvalue weighted by Crippen LogP contribution is -2.45. The summed E-state index contributed by atoms with van der Waals surface area (Å²) in [6.07, 6.45) is 4.87. The Morgan fingerprint density at radius 2 is 2.07 bits per heavy atom. The maximum atomic E-state index is 13.7. The zero-order valence-electron chi connectivity index (χ0n) is 17.4. The summed E-state index contributed by atoms with van der Waals surface area (Å²) < 4.78 is 13.7. The fraction of sp³-hybridized carbons (Fsp3) is 0.545. The zero-order chi connectivity index (χ0) is 21.0. The Hall–Kier alpha value is -2.15. The molecule has 0 fully saturated rings. The smallest absolute Gasteiger partial charge is 0.407 e. The number of nitrogens with zero attached hydrogens (tertiary/aromatic N) is 2. The van der Waals surface area contributed by atoms with Crippen LogP contribution in [-0.2, 0) is 12.8 Å². The number of thiazole rings is 1. The Bertz CT molecular complexity index is 860. The Kier molecular flexibility index (Phi) is 6.77. The third kappa shape index (κ3) is 5.47. The van der Waals surface area contributed by atoms with Gasteiger partial charge < -0.3 is 15.3 Å². The highest BCUT2D eigenvalue weighted by atomic mass is 32.1. The van der Waals surface area contributed by atoms with Gasteiger partial charge in [-0.3, -0.25) is 0 Å². The maximum absolute atomic E-state index is 13.7. The van der Waals surface area contributed by atoms with Crippen molar-refractivity contribution in [3.8, 4) is 11.3 Å². The summed E-state index contributed by atoms with van der Waals surface area (Å²) in [5.41, 5.74) is 2.65. The minimum Gasteiger partial charge on any atom is -0.465 e. The number of fused-ring (bicyclic) bond motifs is 3. The van der Waals surface area contributed by atoms with E-state index in [0.717, 1.165) is 61.5 Å². The van der Waals surface area contributed by atoms with E-state index in [1.165, 1.54) is 21.4 Å². The van der Waals surface area contributed by atoms with Crippen molar-refractivity contribution in [2.45, 2.75) is 64.8 Å². The van der Waals surface area contributed by atoms with Crippen molar-refractivity contribution < 1.29 is 14.3 Å². The van der Waals surface area contributed by atoms with Gasteiger partial charge in [0.1, 0.15) is 5.82 Å². The summed E-state index contributed by atoms with van der Waals surface area (Å²) >= 11 is 1.66. The van der Waals surface area contributed by atoms with E-state index in [2.05, 4.69) is 5.32 Å². The van der Waals surface area contributed by atoms with Crippen LogP contribution in [0, 0.1) is 5.82 Å². The van der Waals surface area contributed by atoms with Crippen LogP contribution in [-0.4, -0.2) is 39.7 Å². The quantitative estimate of drug-likeness (QED) is 0.557. The lowest BCUT2D eigenvalue weighted by molar-refractivity contribution is 0.0991. The third-order valence-electron chi connectivity index (χ3n) is 5.25. The van der Waals surface area contributed by atoms with Gasteiger partial charge >= 0.3 is 6.09 Å². The van der Waals surface area contributed by atoms with Crippen LogP contribution in [0.15, 0.2) is 18.2 Å². The van der Waals surface area contributed by atoms with Crippen LogP contribution in [0.3, 0.4) is 0 Å². The number of aryl methyl sites for hydroxylation is 2. The van der Waals surface area contributed by atoms with Crippen molar-refractivity contribution in [2.24, 2.45) is 0 Å². The Morgan fingerprint density at radius 3 is 2.79 bits per heavy atom. The summed E-state index contributed by atoms with van der Waals surface area (Å²) in [5.74, 6) is -0.218. The van der Waals surface area contributed by atoms with Crippen LogP contribution in [0.4, 0.5) is 14.3 Å². The molecule has 0 spiro atoms. The number of anilines is 1. The van der Waals surface area contributed by atoms with E-state index in [4.69, 9.17) is 4.98 Å². The average molecular weight is 420 g/mol. The molecule has 0 saturated heterocycles. The monoisotopic (exact) mass is 419 g/mol. The fourth-order valence-electron chi connectivity index (χ4n) is 3.72. The number of nitrogens with one attached hydrogen (secondary N) is 1. The molecule has 1 aliphatic carbocycles. The molecular formula is C22H30FN3O2S. The largest absolute Gasteiger partial charge is 0.465 e. The van der Waals surface area contributed by atoms with Gasteiger partial charge in [0, 0.05) is 29.1 Å². The molecular weight excluding hydrogens is 389 g/mol. The second kappa shape index (κ2) is 9.11. The van der Waals surface area contributed by atoms with Crippen molar-refractivity contribution >= 4 is 22.6 Å². The van der Waals surface area contributed by atoms with E-state index in [9.17, 15) is 14.3 Å². The number of hydrogen-bond acceptors (Lipinski definition) is 4. The van der Waals surface area contributed by atoms with Crippen molar-refractivity contribution in [1.29, 1.82) is 0 Å². The van der Waals surface area contributed by atoms with Gasteiger partial charge in [0.05, 0.1) is 5.69 Å². The number of unbranched alkanes of at least 4 members (excludes halogenated alkanes) is 2. The van der Waals surface area contributed by atoms with Gasteiger partial charge in [0.25, 0.3) is 0 Å². The first-order valence-electron chi connectivity index (χ1n) is 10.3. The topological polar surface area (TPSA) is 65.5 Å². The second-order valence-electron chi connectivity index (χ2n) is 8.54. The lowest BCUT2D eigenvalue weighted by Gasteiger charge is -2.33. The number of aromatic nitrogens is 1. The molecule has 0 radical (unpaired) electrons. The number of halogens is 1. The molecule has 1 amide bonds. The minimum absolute atomic E-state index is 0.218.